The van der Waals surface area contributed by atoms with E-state index >= 15 is 0 Å². The van der Waals surface area contributed by atoms with Crippen molar-refractivity contribution in [1.29, 1.82) is 0 Å². The Bertz CT molecular complexity index is 867. The van der Waals surface area contributed by atoms with E-state index in [4.69, 9.17) is 0 Å². The molecule has 0 unspecified atom stereocenters. The van der Waals surface area contributed by atoms with Gasteiger partial charge >= 0.3 is 0 Å². The molecule has 1 saturated heterocycles. The first kappa shape index (κ1) is 19.4. The molecule has 2 fully saturated rings. The number of carbonyl (C=O) groups excluding carboxylic acids is 3. The number of fused-ring (bicyclic) bond motifs is 1. The number of nitrogens with zero attached hydrogens (tertiary/aromatic N) is 3. The Kier molecular flexibility index (Phi) is 5.47. The van der Waals surface area contributed by atoms with Crippen molar-refractivity contribution < 1.29 is 14.4 Å². The first-order chi connectivity index (χ1) is 14.0. The Morgan fingerprint density at radius 3 is 2.38 bits per heavy atom. The molecule has 0 bridgehead atoms. The quantitative estimate of drug-likeness (QED) is 0.764. The number of nitrogens with one attached hydrogen (secondary N) is 1. The third-order valence-corrected chi connectivity index (χ3v) is 6.07. The molecule has 1 aromatic heterocycles. The Morgan fingerprint density at radius 1 is 1.14 bits per heavy atom. The predicted octanol–water partition coefficient (Wildman–Crippen LogP) is 2.61. The van der Waals surface area contributed by atoms with Gasteiger partial charge in [-0.15, -0.1) is 0 Å². The molecular weight excluding hydrogens is 368 g/mol. The van der Waals surface area contributed by atoms with E-state index in [1.807, 2.05) is 42.0 Å². The van der Waals surface area contributed by atoms with Crippen molar-refractivity contribution in [3.8, 4) is 5.69 Å². The van der Waals surface area contributed by atoms with E-state index in [-0.39, 0.29) is 48.6 Å². The maximum Gasteiger partial charge on any atom is 0.233 e. The zero-order valence-corrected chi connectivity index (χ0v) is 16.6. The van der Waals surface area contributed by atoms with Crippen molar-refractivity contribution in [2.45, 2.75) is 45.1 Å². The van der Waals surface area contributed by atoms with Gasteiger partial charge in [0.05, 0.1) is 24.2 Å². The Morgan fingerprint density at radius 2 is 1.79 bits per heavy atom. The summed E-state index contributed by atoms with van der Waals surface area (Å²) >= 11 is 0. The molecule has 2 heterocycles. The second kappa shape index (κ2) is 8.19. The summed E-state index contributed by atoms with van der Waals surface area (Å²) in [5.41, 5.74) is 1.99. The van der Waals surface area contributed by atoms with Crippen molar-refractivity contribution in [1.82, 2.24) is 19.8 Å². The predicted molar refractivity (Wildman–Crippen MR) is 107 cm³/mol. The minimum absolute atomic E-state index is 0.0874. The average Bonchev–Trinajstić information content (AvgIpc) is 3.35. The molecule has 152 valence electrons. The maximum absolute atomic E-state index is 12.5. The van der Waals surface area contributed by atoms with Crippen molar-refractivity contribution in [3.05, 3.63) is 48.5 Å². The smallest absolute Gasteiger partial charge is 0.233 e. The highest BCUT2D eigenvalue weighted by atomic mass is 16.2. The van der Waals surface area contributed by atoms with Crippen LogP contribution < -0.4 is 5.32 Å². The highest BCUT2D eigenvalue weighted by molar-refractivity contribution is 6.05. The van der Waals surface area contributed by atoms with Crippen LogP contribution in [-0.4, -0.2) is 38.7 Å². The minimum Gasteiger partial charge on any atom is -0.350 e. The number of hydrogen-bond acceptors (Lipinski definition) is 4. The van der Waals surface area contributed by atoms with E-state index in [2.05, 4.69) is 10.3 Å². The first-order valence-corrected chi connectivity index (χ1v) is 10.3. The SMILES string of the molecule is C[C@H](NC(=O)CCN1C(=O)[C@H]2CCCC[C@@H]2C1=O)c1ccc(-n2ccnc2)cc1. The van der Waals surface area contributed by atoms with Crippen LogP contribution in [-0.2, 0) is 14.4 Å². The average molecular weight is 394 g/mol. The molecule has 7 nitrogen and oxygen atoms in total. The zero-order valence-electron chi connectivity index (χ0n) is 16.6. The number of likely N-dealkylation sites (tertiary alicyclic amines) is 1. The van der Waals surface area contributed by atoms with Crippen LogP contribution in [0.3, 0.4) is 0 Å². The molecule has 2 aliphatic rings. The lowest BCUT2D eigenvalue weighted by Gasteiger charge is -2.19. The first-order valence-electron chi connectivity index (χ1n) is 10.3. The summed E-state index contributed by atoms with van der Waals surface area (Å²) in [4.78, 5) is 42.7. The molecule has 29 heavy (non-hydrogen) atoms. The van der Waals surface area contributed by atoms with Gasteiger partial charge in [0.15, 0.2) is 0 Å². The van der Waals surface area contributed by atoms with E-state index in [0.717, 1.165) is 36.9 Å². The summed E-state index contributed by atoms with van der Waals surface area (Å²) in [6, 6.07) is 7.73. The topological polar surface area (TPSA) is 84.3 Å². The Balaban J connectivity index is 1.30. The van der Waals surface area contributed by atoms with E-state index in [0.29, 0.717) is 0 Å². The molecule has 1 aliphatic heterocycles. The van der Waals surface area contributed by atoms with Gasteiger partial charge < -0.3 is 9.88 Å². The van der Waals surface area contributed by atoms with Crippen LogP contribution >= 0.6 is 0 Å². The summed E-state index contributed by atoms with van der Waals surface area (Å²) in [6.45, 7) is 2.09. The van der Waals surface area contributed by atoms with Gasteiger partial charge in [-0.1, -0.05) is 25.0 Å². The van der Waals surface area contributed by atoms with Gasteiger partial charge in [-0.25, -0.2) is 4.98 Å². The van der Waals surface area contributed by atoms with Crippen molar-refractivity contribution in [3.63, 3.8) is 0 Å². The standard InChI is InChI=1S/C22H26N4O3/c1-15(16-6-8-17(9-7-16)25-13-11-23-14-25)24-20(27)10-12-26-21(28)18-4-2-3-5-19(18)22(26)29/h6-9,11,13-15,18-19H,2-5,10,12H2,1H3,(H,24,27)/t15-,18-,19-/m0/s1. The summed E-state index contributed by atoms with van der Waals surface area (Å²) in [5, 5.41) is 2.96. The molecule has 0 spiro atoms. The summed E-state index contributed by atoms with van der Waals surface area (Å²) < 4.78 is 1.91. The molecule has 3 amide bonds. The second-order valence-corrected chi connectivity index (χ2v) is 7.93. The van der Waals surface area contributed by atoms with Crippen molar-refractivity contribution >= 4 is 17.7 Å². The van der Waals surface area contributed by atoms with E-state index < -0.39 is 0 Å². The zero-order chi connectivity index (χ0) is 20.4. The fourth-order valence-corrected chi connectivity index (χ4v) is 4.41. The summed E-state index contributed by atoms with van der Waals surface area (Å²) in [7, 11) is 0. The molecule has 0 radical (unpaired) electrons. The van der Waals surface area contributed by atoms with Gasteiger partial charge in [-0.3, -0.25) is 19.3 Å². The van der Waals surface area contributed by atoms with Gasteiger partial charge in [0, 0.05) is 31.0 Å². The van der Waals surface area contributed by atoms with Crippen LogP contribution in [0.15, 0.2) is 43.0 Å². The van der Waals surface area contributed by atoms with Gasteiger partial charge in [0.25, 0.3) is 0 Å². The Labute approximate surface area is 170 Å². The highest BCUT2D eigenvalue weighted by Gasteiger charge is 2.47. The summed E-state index contributed by atoms with van der Waals surface area (Å²) in [6.07, 6.45) is 9.07. The number of hydrogen-bond donors (Lipinski definition) is 1. The van der Waals surface area contributed by atoms with Crippen LogP contribution in [0.25, 0.3) is 5.69 Å². The van der Waals surface area contributed by atoms with Crippen LogP contribution in [0.4, 0.5) is 0 Å². The van der Waals surface area contributed by atoms with Gasteiger partial charge in [-0.2, -0.15) is 0 Å². The second-order valence-electron chi connectivity index (χ2n) is 7.93. The van der Waals surface area contributed by atoms with Crippen molar-refractivity contribution in [2.24, 2.45) is 11.8 Å². The fourth-order valence-electron chi connectivity index (χ4n) is 4.41. The number of amides is 3. The number of carbonyl (C=O) groups is 3. The number of rotatable bonds is 6. The molecule has 1 saturated carbocycles. The number of benzene rings is 1. The molecule has 1 aliphatic carbocycles. The minimum atomic E-state index is -0.161. The molecule has 4 rings (SSSR count). The van der Waals surface area contributed by atoms with Crippen LogP contribution in [0, 0.1) is 11.8 Å². The lowest BCUT2D eigenvalue weighted by molar-refractivity contribution is -0.140. The van der Waals surface area contributed by atoms with Crippen molar-refractivity contribution in [2.75, 3.05) is 6.54 Å². The normalized spacial score (nSPS) is 22.4. The van der Waals surface area contributed by atoms with Gasteiger partial charge in [0.1, 0.15) is 0 Å². The lowest BCUT2D eigenvalue weighted by atomic mass is 9.81. The lowest BCUT2D eigenvalue weighted by Crippen LogP contribution is -2.36. The number of imidazole rings is 1. The maximum atomic E-state index is 12.5. The van der Waals surface area contributed by atoms with E-state index in [1.54, 1.807) is 12.5 Å². The Hall–Kier alpha value is -2.96. The monoisotopic (exact) mass is 394 g/mol. The van der Waals surface area contributed by atoms with Crippen LogP contribution in [0.1, 0.15) is 50.6 Å². The molecule has 7 heteroatoms. The third-order valence-electron chi connectivity index (χ3n) is 6.07. The van der Waals surface area contributed by atoms with Gasteiger partial charge in [-0.05, 0) is 37.5 Å². The number of imide groups is 1. The molecular formula is C22H26N4O3. The molecule has 1 aromatic carbocycles. The summed E-state index contributed by atoms with van der Waals surface area (Å²) in [5.74, 6) is -0.655. The van der Waals surface area contributed by atoms with Crippen LogP contribution in [0.2, 0.25) is 0 Å². The largest absolute Gasteiger partial charge is 0.350 e. The molecule has 2 aromatic rings. The van der Waals surface area contributed by atoms with E-state index in [1.165, 1.54) is 4.90 Å². The number of aromatic nitrogens is 2. The molecule has 3 atom stereocenters. The highest BCUT2D eigenvalue weighted by Crippen LogP contribution is 2.37. The van der Waals surface area contributed by atoms with Crippen LogP contribution in [0.5, 0.6) is 0 Å². The molecule has 1 N–H and O–H groups in total. The fraction of sp³-hybridized carbons (Fsp3) is 0.455. The van der Waals surface area contributed by atoms with Gasteiger partial charge in [0.2, 0.25) is 17.7 Å². The third kappa shape index (κ3) is 3.95. The van der Waals surface area contributed by atoms with E-state index in [9.17, 15) is 14.4 Å².